The highest BCUT2D eigenvalue weighted by Crippen LogP contribution is 2.42. The van der Waals surface area contributed by atoms with E-state index in [4.69, 9.17) is 9.47 Å². The van der Waals surface area contributed by atoms with Crippen molar-refractivity contribution in [2.75, 3.05) is 37.0 Å². The van der Waals surface area contributed by atoms with Gasteiger partial charge in [0, 0.05) is 0 Å². The third-order valence-corrected chi connectivity index (χ3v) is 10.2. The first-order valence-electron chi connectivity index (χ1n) is 16.3. The summed E-state index contributed by atoms with van der Waals surface area (Å²) in [7, 11) is -0.0300. The van der Waals surface area contributed by atoms with Gasteiger partial charge in [-0.1, -0.05) is 45.0 Å². The number of nitrogens with zero attached hydrogens (tertiary/aromatic N) is 4. The number of urea groups is 1. The largest absolute Gasteiger partial charge is 0.492 e. The van der Waals surface area contributed by atoms with E-state index in [1.165, 1.54) is 7.11 Å². The number of nitrogens with one attached hydrogen (secondary N) is 3. The number of anilines is 2. The molecule has 4 aromatic rings. The number of benzene rings is 2. The number of amides is 2. The number of hydrogen-bond donors (Lipinski definition) is 3. The van der Waals surface area contributed by atoms with Crippen molar-refractivity contribution in [2.24, 2.45) is 0 Å². The average molecular weight is 676 g/mol. The molecule has 0 unspecified atom stereocenters. The molecule has 2 aromatic heterocycles. The minimum absolute atomic E-state index is 0.196. The van der Waals surface area contributed by atoms with Gasteiger partial charge in [-0.3, -0.25) is 14.0 Å². The molecule has 0 radical (unpaired) electrons. The van der Waals surface area contributed by atoms with Crippen molar-refractivity contribution in [3.63, 3.8) is 0 Å². The van der Waals surface area contributed by atoms with Crippen molar-refractivity contribution < 1.29 is 22.7 Å². The van der Waals surface area contributed by atoms with Gasteiger partial charge >= 0.3 is 6.03 Å². The normalized spacial score (nSPS) is 21.5. The van der Waals surface area contributed by atoms with E-state index in [-0.39, 0.29) is 34.5 Å². The van der Waals surface area contributed by atoms with Gasteiger partial charge in [0.2, 0.25) is 10.0 Å². The number of hydrogen-bond acceptors (Lipinski definition) is 8. The van der Waals surface area contributed by atoms with Gasteiger partial charge in [-0.05, 0) is 92.6 Å². The van der Waals surface area contributed by atoms with Crippen LogP contribution in [-0.2, 0) is 21.0 Å². The quantitative estimate of drug-likeness (QED) is 0.203. The summed E-state index contributed by atoms with van der Waals surface area (Å²) in [4.78, 5) is 15.8. The molecule has 13 heteroatoms. The number of sulfonamides is 1. The van der Waals surface area contributed by atoms with Crippen molar-refractivity contribution in [1.29, 1.82) is 0 Å². The summed E-state index contributed by atoms with van der Waals surface area (Å²) in [6.45, 7) is 9.27. The molecule has 2 aromatic carbocycles. The predicted molar refractivity (Wildman–Crippen MR) is 186 cm³/mol. The van der Waals surface area contributed by atoms with Crippen molar-refractivity contribution >= 4 is 33.1 Å². The highest BCUT2D eigenvalue weighted by molar-refractivity contribution is 7.92. The summed E-state index contributed by atoms with van der Waals surface area (Å²) in [6.07, 6.45) is 6.31. The number of methoxy groups -OCH3 is 1. The van der Waals surface area contributed by atoms with Crippen LogP contribution in [0.25, 0.3) is 5.65 Å². The summed E-state index contributed by atoms with van der Waals surface area (Å²) in [5.41, 5.74) is 3.69. The Labute approximate surface area is 282 Å². The first kappa shape index (κ1) is 33.5. The zero-order valence-electron chi connectivity index (χ0n) is 28.6. The minimum atomic E-state index is -3.60. The maximum absolute atomic E-state index is 13.5. The van der Waals surface area contributed by atoms with Crippen molar-refractivity contribution in [3.8, 4) is 11.5 Å². The molecule has 256 valence electrons. The zero-order valence-corrected chi connectivity index (χ0v) is 29.4. The monoisotopic (exact) mass is 675 g/mol. The van der Waals surface area contributed by atoms with Gasteiger partial charge < -0.3 is 20.1 Å². The lowest BCUT2D eigenvalue weighted by molar-refractivity contribution is 0.170. The number of aromatic nitrogens is 3. The van der Waals surface area contributed by atoms with Crippen LogP contribution in [-0.4, -0.2) is 60.9 Å². The predicted octanol–water partition coefficient (Wildman–Crippen LogP) is 6.12. The van der Waals surface area contributed by atoms with Crippen LogP contribution in [0, 0.1) is 0 Å². The molecule has 0 spiro atoms. The third-order valence-electron chi connectivity index (χ3n) is 9.58. The van der Waals surface area contributed by atoms with Gasteiger partial charge in [0.05, 0.1) is 42.5 Å². The molecule has 1 aliphatic carbocycles. The average Bonchev–Trinajstić information content (AvgIpc) is 3.59. The van der Waals surface area contributed by atoms with Gasteiger partial charge in [0.25, 0.3) is 0 Å². The Kier molecular flexibility index (Phi) is 8.79. The van der Waals surface area contributed by atoms with Crippen molar-refractivity contribution in [3.05, 3.63) is 77.2 Å². The Morgan fingerprint density at radius 2 is 1.77 bits per heavy atom. The van der Waals surface area contributed by atoms with Gasteiger partial charge in [-0.2, -0.15) is 0 Å². The maximum atomic E-state index is 13.5. The van der Waals surface area contributed by atoms with Gasteiger partial charge in [-0.15, -0.1) is 10.2 Å². The number of fused-ring (bicyclic) bond motifs is 2. The number of ether oxygens (including phenoxy) is 2. The first-order chi connectivity index (χ1) is 22.7. The molecule has 3 atom stereocenters. The minimum Gasteiger partial charge on any atom is -0.492 e. The Balaban J connectivity index is 1.22. The summed E-state index contributed by atoms with van der Waals surface area (Å²) in [5, 5.41) is 15.0. The van der Waals surface area contributed by atoms with Crippen LogP contribution < -0.4 is 24.8 Å². The van der Waals surface area contributed by atoms with Gasteiger partial charge in [0.1, 0.15) is 11.9 Å². The lowest BCUT2D eigenvalue weighted by Gasteiger charge is -2.32. The Morgan fingerprint density at radius 1 is 1.04 bits per heavy atom. The van der Waals surface area contributed by atoms with E-state index in [0.29, 0.717) is 18.5 Å². The van der Waals surface area contributed by atoms with Crippen LogP contribution in [0.2, 0.25) is 0 Å². The molecule has 48 heavy (non-hydrogen) atoms. The van der Waals surface area contributed by atoms with E-state index in [0.717, 1.165) is 59.6 Å². The molecule has 3 N–H and O–H groups in total. The molecule has 0 saturated carbocycles. The lowest BCUT2D eigenvalue weighted by atomic mass is 9.85. The number of carbonyl (C=O) groups excluding carboxylic acids is 1. The second kappa shape index (κ2) is 12.6. The molecule has 6 rings (SSSR count). The fraction of sp³-hybridized carbons (Fsp3) is 0.457. The van der Waals surface area contributed by atoms with Crippen molar-refractivity contribution in [2.45, 2.75) is 76.5 Å². The second-order valence-corrected chi connectivity index (χ2v) is 15.9. The van der Waals surface area contributed by atoms with Crippen LogP contribution in [0.1, 0.15) is 88.0 Å². The Hall–Kier alpha value is -4.36. The van der Waals surface area contributed by atoms with Crippen LogP contribution in [0.3, 0.4) is 0 Å². The standard InChI is InChI=1S/C35H45N7O5S/c1-34(2,3)22-19-27(31(46-6)28(20-22)40-48(7,44)45)37-33(43)36-26-14-15-29(25-12-9-8-11-24(25)26)47-23-13-16-30-38-39-32(42(30)21-23)35(4)17-10-18-41(35)5/h8-9,11-13,16,19-21,26,29,40H,10,14-15,17-18H2,1-7H3,(H2,36,37,43)/t26-,29-,35-/m0/s1. The summed E-state index contributed by atoms with van der Waals surface area (Å²) in [6, 6.07) is 14.7. The Morgan fingerprint density at radius 3 is 2.44 bits per heavy atom. The van der Waals surface area contributed by atoms with Gasteiger partial charge in [0.15, 0.2) is 17.2 Å². The van der Waals surface area contributed by atoms with E-state index < -0.39 is 16.1 Å². The molecule has 12 nitrogen and oxygen atoms in total. The second-order valence-electron chi connectivity index (χ2n) is 14.1. The SMILES string of the molecule is COc1c(NC(=O)N[C@H]2CC[C@H](Oc3ccc4nnc([C@]5(C)CCCN5C)n4c3)c3ccccc32)cc(C(C)(C)C)cc1NS(C)(=O)=O. The molecule has 1 fully saturated rings. The fourth-order valence-electron chi connectivity index (χ4n) is 6.84. The van der Waals surface area contributed by atoms with E-state index in [2.05, 4.69) is 44.4 Å². The molecule has 2 aliphatic rings. The number of pyridine rings is 1. The van der Waals surface area contributed by atoms with Crippen LogP contribution >= 0.6 is 0 Å². The van der Waals surface area contributed by atoms with E-state index >= 15 is 0 Å². The highest BCUT2D eigenvalue weighted by Gasteiger charge is 2.40. The summed E-state index contributed by atoms with van der Waals surface area (Å²) < 4.78 is 41.0. The zero-order chi connectivity index (χ0) is 34.4. The highest BCUT2D eigenvalue weighted by atomic mass is 32.2. The fourth-order valence-corrected chi connectivity index (χ4v) is 7.39. The molecule has 1 aliphatic heterocycles. The molecular formula is C35H45N7O5S. The number of carbonyl (C=O) groups is 1. The van der Waals surface area contributed by atoms with Crippen LogP contribution in [0.15, 0.2) is 54.7 Å². The smallest absolute Gasteiger partial charge is 0.319 e. The van der Waals surface area contributed by atoms with E-state index in [1.54, 1.807) is 6.07 Å². The number of likely N-dealkylation sites (tertiary alicyclic amines) is 1. The van der Waals surface area contributed by atoms with Gasteiger partial charge in [-0.25, -0.2) is 13.2 Å². The summed E-state index contributed by atoms with van der Waals surface area (Å²) >= 11 is 0. The van der Waals surface area contributed by atoms with E-state index in [9.17, 15) is 13.2 Å². The van der Waals surface area contributed by atoms with Crippen LogP contribution in [0.4, 0.5) is 16.2 Å². The molecule has 2 amide bonds. The van der Waals surface area contributed by atoms with E-state index in [1.807, 2.05) is 73.8 Å². The van der Waals surface area contributed by atoms with Crippen LogP contribution in [0.5, 0.6) is 11.5 Å². The first-order valence-corrected chi connectivity index (χ1v) is 18.2. The molecule has 3 heterocycles. The Bertz CT molecular complexity index is 1950. The number of rotatable bonds is 8. The molecule has 1 saturated heterocycles. The maximum Gasteiger partial charge on any atom is 0.319 e. The topological polar surface area (TPSA) is 139 Å². The molecule has 0 bridgehead atoms. The van der Waals surface area contributed by atoms with Crippen molar-refractivity contribution in [1.82, 2.24) is 24.8 Å². The third kappa shape index (κ3) is 6.66. The lowest BCUT2D eigenvalue weighted by Crippen LogP contribution is -2.37. The molecular weight excluding hydrogens is 630 g/mol. The summed E-state index contributed by atoms with van der Waals surface area (Å²) in [5.74, 6) is 1.86.